The predicted molar refractivity (Wildman–Crippen MR) is 77.0 cm³/mol. The van der Waals surface area contributed by atoms with Gasteiger partial charge in [-0.3, -0.25) is 9.69 Å². The number of halogens is 1. The fourth-order valence-corrected chi connectivity index (χ4v) is 2.17. The average molecular weight is 297 g/mol. The van der Waals surface area contributed by atoms with E-state index in [0.29, 0.717) is 13.2 Å². The molecule has 2 rings (SSSR count). The quantitative estimate of drug-likeness (QED) is 0.868. The van der Waals surface area contributed by atoms with Crippen LogP contribution in [0.25, 0.3) is 0 Å². The fourth-order valence-electron chi connectivity index (χ4n) is 2.09. The topological polar surface area (TPSA) is 58.6 Å². The van der Waals surface area contributed by atoms with Crippen LogP contribution >= 0.6 is 11.6 Å². The minimum atomic E-state index is -0.313. The summed E-state index contributed by atoms with van der Waals surface area (Å²) in [6, 6.07) is 7.35. The number of carbonyl (C=O) groups is 2. The average Bonchev–Trinajstić information content (AvgIpc) is 2.47. The van der Waals surface area contributed by atoms with Gasteiger partial charge in [0.2, 0.25) is 5.91 Å². The Hall–Kier alpha value is -1.75. The first-order valence-electron chi connectivity index (χ1n) is 6.51. The molecular formula is C14H17ClN2O3. The summed E-state index contributed by atoms with van der Waals surface area (Å²) in [5.74, 6) is -0.259. The van der Waals surface area contributed by atoms with Crippen molar-refractivity contribution in [2.24, 2.45) is 0 Å². The van der Waals surface area contributed by atoms with Crippen molar-refractivity contribution in [3.8, 4) is 0 Å². The summed E-state index contributed by atoms with van der Waals surface area (Å²) in [4.78, 5) is 24.5. The van der Waals surface area contributed by atoms with E-state index < -0.39 is 0 Å². The maximum Gasteiger partial charge on any atom is 0.414 e. The third-order valence-electron chi connectivity index (χ3n) is 3.18. The first kappa shape index (κ1) is 14.7. The van der Waals surface area contributed by atoms with Gasteiger partial charge in [-0.2, -0.15) is 0 Å². The highest BCUT2D eigenvalue weighted by Gasteiger charge is 2.21. The molecule has 0 aliphatic carbocycles. The molecule has 1 unspecified atom stereocenters. The number of anilines is 1. The van der Waals surface area contributed by atoms with Gasteiger partial charge in [0.25, 0.3) is 0 Å². The van der Waals surface area contributed by atoms with Gasteiger partial charge in [-0.05, 0) is 31.0 Å². The molecule has 5 nitrogen and oxygen atoms in total. The zero-order chi connectivity index (χ0) is 14.5. The minimum Gasteiger partial charge on any atom is -0.449 e. The van der Waals surface area contributed by atoms with Gasteiger partial charge in [0.1, 0.15) is 5.88 Å². The van der Waals surface area contributed by atoms with Crippen LogP contribution in [-0.4, -0.2) is 31.0 Å². The lowest BCUT2D eigenvalue weighted by molar-refractivity contribution is -0.119. The maximum absolute atomic E-state index is 11.6. The second-order valence-electron chi connectivity index (χ2n) is 4.63. The summed E-state index contributed by atoms with van der Waals surface area (Å²) >= 11 is 5.46. The number of ether oxygens (including phenoxy) is 1. The van der Waals surface area contributed by atoms with Gasteiger partial charge in [0, 0.05) is 12.2 Å². The number of benzene rings is 1. The van der Waals surface area contributed by atoms with Crippen LogP contribution in [0, 0.1) is 0 Å². The highest BCUT2D eigenvalue weighted by Crippen LogP contribution is 2.21. The maximum atomic E-state index is 11.6. The normalized spacial score (nSPS) is 16.5. The molecule has 0 aromatic heterocycles. The molecular weight excluding hydrogens is 280 g/mol. The number of rotatable bonds is 4. The van der Waals surface area contributed by atoms with Crippen molar-refractivity contribution in [2.45, 2.75) is 19.4 Å². The lowest BCUT2D eigenvalue weighted by Crippen LogP contribution is -2.37. The van der Waals surface area contributed by atoms with Crippen molar-refractivity contribution in [1.82, 2.24) is 5.32 Å². The van der Waals surface area contributed by atoms with E-state index in [-0.39, 0.29) is 23.9 Å². The Balaban J connectivity index is 2.05. The molecule has 1 aromatic carbocycles. The molecule has 1 aromatic rings. The second-order valence-corrected chi connectivity index (χ2v) is 4.90. The SMILES string of the molecule is CC(NC(=O)CCl)c1ccc(N2CCCOC2=O)cc1. The summed E-state index contributed by atoms with van der Waals surface area (Å²) in [5.41, 5.74) is 1.76. The highest BCUT2D eigenvalue weighted by atomic mass is 35.5. The first-order chi connectivity index (χ1) is 9.61. The zero-order valence-corrected chi connectivity index (χ0v) is 12.0. The molecule has 1 saturated heterocycles. The molecule has 1 fully saturated rings. The van der Waals surface area contributed by atoms with E-state index in [1.54, 1.807) is 4.90 Å². The number of nitrogens with one attached hydrogen (secondary N) is 1. The van der Waals surface area contributed by atoms with Crippen LogP contribution in [0.15, 0.2) is 24.3 Å². The molecule has 1 aliphatic heterocycles. The Labute approximate surface area is 122 Å². The molecule has 1 atom stereocenters. The molecule has 1 N–H and O–H groups in total. The van der Waals surface area contributed by atoms with Gasteiger partial charge in [0.05, 0.1) is 12.6 Å². The van der Waals surface area contributed by atoms with Crippen LogP contribution in [0.1, 0.15) is 24.9 Å². The molecule has 0 bridgehead atoms. The Kier molecular flexibility index (Phi) is 4.84. The predicted octanol–water partition coefficient (Wildman–Crippen LogP) is 2.45. The van der Waals surface area contributed by atoms with Crippen molar-refractivity contribution in [1.29, 1.82) is 0 Å². The molecule has 20 heavy (non-hydrogen) atoms. The summed E-state index contributed by atoms with van der Waals surface area (Å²) in [7, 11) is 0. The lowest BCUT2D eigenvalue weighted by Gasteiger charge is -2.26. The van der Waals surface area contributed by atoms with Gasteiger partial charge in [-0.1, -0.05) is 12.1 Å². The van der Waals surface area contributed by atoms with Crippen LogP contribution in [0.5, 0.6) is 0 Å². The van der Waals surface area contributed by atoms with Crippen LogP contribution in [0.3, 0.4) is 0 Å². The minimum absolute atomic E-state index is 0.0535. The van der Waals surface area contributed by atoms with Gasteiger partial charge >= 0.3 is 6.09 Å². The van der Waals surface area contributed by atoms with Crippen molar-refractivity contribution in [3.05, 3.63) is 29.8 Å². The fraction of sp³-hybridized carbons (Fsp3) is 0.429. The van der Waals surface area contributed by atoms with Crippen molar-refractivity contribution < 1.29 is 14.3 Å². The molecule has 1 aliphatic rings. The molecule has 0 spiro atoms. The number of cyclic esters (lactones) is 1. The standard InChI is InChI=1S/C14H17ClN2O3/c1-10(16-13(18)9-15)11-3-5-12(6-4-11)17-7-2-8-20-14(17)19/h3-6,10H,2,7-9H2,1H3,(H,16,18). The second kappa shape index (κ2) is 6.61. The molecule has 0 radical (unpaired) electrons. The van der Waals surface area contributed by atoms with Gasteiger partial charge < -0.3 is 10.1 Å². The molecule has 0 saturated carbocycles. The third-order valence-corrected chi connectivity index (χ3v) is 3.42. The smallest absolute Gasteiger partial charge is 0.414 e. The third kappa shape index (κ3) is 3.42. The van der Waals surface area contributed by atoms with Crippen LogP contribution in [-0.2, 0) is 9.53 Å². The van der Waals surface area contributed by atoms with Crippen LogP contribution in [0.2, 0.25) is 0 Å². The summed E-state index contributed by atoms with van der Waals surface area (Å²) < 4.78 is 5.01. The largest absolute Gasteiger partial charge is 0.449 e. The van der Waals surface area contributed by atoms with E-state index in [9.17, 15) is 9.59 Å². The monoisotopic (exact) mass is 296 g/mol. The van der Waals surface area contributed by atoms with E-state index in [2.05, 4.69) is 5.32 Å². The number of hydrogen-bond acceptors (Lipinski definition) is 3. The number of nitrogens with zero attached hydrogens (tertiary/aromatic N) is 1. The molecule has 6 heteroatoms. The summed E-state index contributed by atoms with van der Waals surface area (Å²) in [6.07, 6.45) is 0.517. The van der Waals surface area contributed by atoms with Crippen molar-refractivity contribution in [3.63, 3.8) is 0 Å². The van der Waals surface area contributed by atoms with Crippen LogP contribution < -0.4 is 10.2 Å². The molecule has 2 amide bonds. The molecule has 108 valence electrons. The van der Waals surface area contributed by atoms with Crippen LogP contribution in [0.4, 0.5) is 10.5 Å². The summed E-state index contributed by atoms with van der Waals surface area (Å²) in [5, 5.41) is 2.78. The van der Waals surface area contributed by atoms with E-state index >= 15 is 0 Å². The van der Waals surface area contributed by atoms with Crippen molar-refractivity contribution >= 4 is 29.3 Å². The Morgan fingerprint density at radius 3 is 2.75 bits per heavy atom. The first-order valence-corrected chi connectivity index (χ1v) is 7.05. The number of alkyl halides is 1. The van der Waals surface area contributed by atoms with Gasteiger partial charge in [0.15, 0.2) is 0 Å². The zero-order valence-electron chi connectivity index (χ0n) is 11.3. The number of carbonyl (C=O) groups excluding carboxylic acids is 2. The Bertz CT molecular complexity index is 490. The van der Waals surface area contributed by atoms with E-state index in [0.717, 1.165) is 17.7 Å². The highest BCUT2D eigenvalue weighted by molar-refractivity contribution is 6.27. The van der Waals surface area contributed by atoms with E-state index in [1.165, 1.54) is 0 Å². The number of hydrogen-bond donors (Lipinski definition) is 1. The van der Waals surface area contributed by atoms with Gasteiger partial charge in [-0.15, -0.1) is 11.6 Å². The Morgan fingerprint density at radius 2 is 2.15 bits per heavy atom. The number of amides is 2. The van der Waals surface area contributed by atoms with E-state index in [4.69, 9.17) is 16.3 Å². The Morgan fingerprint density at radius 1 is 1.45 bits per heavy atom. The van der Waals surface area contributed by atoms with E-state index in [1.807, 2.05) is 31.2 Å². The van der Waals surface area contributed by atoms with Crippen molar-refractivity contribution in [2.75, 3.05) is 23.9 Å². The van der Waals surface area contributed by atoms with Gasteiger partial charge in [-0.25, -0.2) is 4.79 Å². The lowest BCUT2D eigenvalue weighted by atomic mass is 10.1. The summed E-state index contributed by atoms with van der Waals surface area (Å²) in [6.45, 7) is 3.03. The molecule has 1 heterocycles.